The van der Waals surface area contributed by atoms with Crippen molar-refractivity contribution in [3.05, 3.63) is 59.7 Å². The normalized spacial score (nSPS) is 16.3. The number of halogens is 3. The van der Waals surface area contributed by atoms with Crippen LogP contribution >= 0.6 is 0 Å². The smallest absolute Gasteiger partial charge is 0.508 e. The van der Waals surface area contributed by atoms with Gasteiger partial charge in [0.15, 0.2) is 5.78 Å². The van der Waals surface area contributed by atoms with Crippen molar-refractivity contribution in [2.75, 3.05) is 13.1 Å². The zero-order valence-electron chi connectivity index (χ0n) is 14.6. The van der Waals surface area contributed by atoms with Crippen molar-refractivity contribution in [3.8, 4) is 11.5 Å². The Balaban J connectivity index is 1.50. The molecule has 3 rings (SSSR count). The lowest BCUT2D eigenvalue weighted by atomic mass is 9.88. The summed E-state index contributed by atoms with van der Waals surface area (Å²) in [4.78, 5) is 14.7. The second-order valence-corrected chi connectivity index (χ2v) is 6.65. The fraction of sp³-hybridized carbons (Fsp3) is 0.350. The summed E-state index contributed by atoms with van der Waals surface area (Å²) in [7, 11) is 0. The largest absolute Gasteiger partial charge is 0.573 e. The van der Waals surface area contributed by atoms with Gasteiger partial charge in [0.1, 0.15) is 11.5 Å². The minimum atomic E-state index is -4.69. The molecule has 0 spiro atoms. The topological polar surface area (TPSA) is 49.8 Å². The number of aromatic hydroxyl groups is 1. The number of alkyl halides is 3. The quantitative estimate of drug-likeness (QED) is 0.783. The second kappa shape index (κ2) is 8.00. The number of nitrogens with zero attached hydrogens (tertiary/aromatic N) is 1. The number of ether oxygens (including phenoxy) is 1. The molecule has 144 valence electrons. The summed E-state index contributed by atoms with van der Waals surface area (Å²) >= 11 is 0. The maximum atomic E-state index is 12.5. The van der Waals surface area contributed by atoms with Gasteiger partial charge in [-0.1, -0.05) is 12.1 Å². The molecule has 2 aromatic carbocycles. The average Bonchev–Trinajstić information content (AvgIpc) is 2.63. The van der Waals surface area contributed by atoms with E-state index >= 15 is 0 Å². The standard InChI is InChI=1S/C20H20F3NO3/c21-20(22,23)27-18-7-1-14(2-8-18)13-24-11-9-16(10-12-24)19(26)15-3-5-17(25)6-4-15/h1-8,16,25H,9-13H2. The van der Waals surface area contributed by atoms with E-state index in [1.54, 1.807) is 24.3 Å². The summed E-state index contributed by atoms with van der Waals surface area (Å²) in [6.45, 7) is 2.11. The lowest BCUT2D eigenvalue weighted by molar-refractivity contribution is -0.274. The molecular formula is C20H20F3NO3. The minimum Gasteiger partial charge on any atom is -0.508 e. The number of hydrogen-bond donors (Lipinski definition) is 1. The molecule has 0 aliphatic carbocycles. The molecule has 0 aromatic heterocycles. The Labute approximate surface area is 155 Å². The van der Waals surface area contributed by atoms with E-state index in [2.05, 4.69) is 9.64 Å². The number of phenols is 1. The highest BCUT2D eigenvalue weighted by Crippen LogP contribution is 2.26. The number of phenolic OH excluding ortho intramolecular Hbond substituents is 1. The molecule has 7 heteroatoms. The van der Waals surface area contributed by atoms with Crippen LogP contribution in [0.5, 0.6) is 11.5 Å². The first-order valence-corrected chi connectivity index (χ1v) is 8.70. The van der Waals surface area contributed by atoms with Gasteiger partial charge in [0.25, 0.3) is 0 Å². The summed E-state index contributed by atoms with van der Waals surface area (Å²) in [5, 5.41) is 9.31. The predicted octanol–water partition coefficient (Wildman–Crippen LogP) is 4.39. The van der Waals surface area contributed by atoms with Crippen LogP contribution in [0.1, 0.15) is 28.8 Å². The van der Waals surface area contributed by atoms with Gasteiger partial charge in [-0.05, 0) is 67.9 Å². The molecule has 0 radical (unpaired) electrons. The number of likely N-dealkylation sites (tertiary alicyclic amines) is 1. The number of Topliss-reactive ketones (excluding diaryl/α,β-unsaturated/α-hetero) is 1. The van der Waals surface area contributed by atoms with Gasteiger partial charge in [0.2, 0.25) is 0 Å². The van der Waals surface area contributed by atoms with E-state index in [0.29, 0.717) is 12.1 Å². The van der Waals surface area contributed by atoms with Crippen LogP contribution in [-0.2, 0) is 6.54 Å². The Hall–Kier alpha value is -2.54. The molecule has 27 heavy (non-hydrogen) atoms. The summed E-state index contributed by atoms with van der Waals surface area (Å²) in [5.41, 5.74) is 1.50. The highest BCUT2D eigenvalue weighted by atomic mass is 19.4. The highest BCUT2D eigenvalue weighted by Gasteiger charge is 2.31. The van der Waals surface area contributed by atoms with E-state index in [1.807, 2.05) is 0 Å². The molecule has 1 N–H and O–H groups in total. The average molecular weight is 379 g/mol. The first-order valence-electron chi connectivity index (χ1n) is 8.70. The van der Waals surface area contributed by atoms with Crippen LogP contribution in [0.25, 0.3) is 0 Å². The predicted molar refractivity (Wildman–Crippen MR) is 93.6 cm³/mol. The Morgan fingerprint density at radius 3 is 2.19 bits per heavy atom. The van der Waals surface area contributed by atoms with Crippen LogP contribution in [0.4, 0.5) is 13.2 Å². The maximum absolute atomic E-state index is 12.5. The molecule has 0 unspecified atom stereocenters. The van der Waals surface area contributed by atoms with Crippen molar-refractivity contribution in [1.82, 2.24) is 4.90 Å². The van der Waals surface area contributed by atoms with E-state index in [4.69, 9.17) is 0 Å². The molecule has 0 atom stereocenters. The van der Waals surface area contributed by atoms with Gasteiger partial charge in [-0.3, -0.25) is 9.69 Å². The first kappa shape index (κ1) is 19.2. The van der Waals surface area contributed by atoms with E-state index in [1.165, 1.54) is 24.3 Å². The van der Waals surface area contributed by atoms with E-state index in [9.17, 15) is 23.1 Å². The molecule has 1 saturated heterocycles. The number of hydrogen-bond acceptors (Lipinski definition) is 4. The fourth-order valence-electron chi connectivity index (χ4n) is 3.27. The van der Waals surface area contributed by atoms with E-state index in [-0.39, 0.29) is 23.2 Å². The van der Waals surface area contributed by atoms with Crippen LogP contribution in [0.2, 0.25) is 0 Å². The highest BCUT2D eigenvalue weighted by molar-refractivity contribution is 5.98. The van der Waals surface area contributed by atoms with Crippen LogP contribution < -0.4 is 4.74 Å². The van der Waals surface area contributed by atoms with Crippen molar-refractivity contribution in [3.63, 3.8) is 0 Å². The third kappa shape index (κ3) is 5.47. The summed E-state index contributed by atoms with van der Waals surface area (Å²) < 4.78 is 40.4. The number of carbonyl (C=O) groups is 1. The van der Waals surface area contributed by atoms with E-state index in [0.717, 1.165) is 31.5 Å². The number of ketones is 1. The third-order valence-corrected chi connectivity index (χ3v) is 4.67. The molecule has 1 heterocycles. The van der Waals surface area contributed by atoms with Gasteiger partial charge in [-0.2, -0.15) is 0 Å². The van der Waals surface area contributed by atoms with Crippen molar-refractivity contribution >= 4 is 5.78 Å². The fourth-order valence-corrected chi connectivity index (χ4v) is 3.27. The van der Waals surface area contributed by atoms with Crippen LogP contribution in [0.3, 0.4) is 0 Å². The molecule has 0 bridgehead atoms. The monoisotopic (exact) mass is 379 g/mol. The molecule has 4 nitrogen and oxygen atoms in total. The molecule has 1 aliphatic rings. The Bertz CT molecular complexity index is 765. The van der Waals surface area contributed by atoms with E-state index < -0.39 is 6.36 Å². The Morgan fingerprint density at radius 1 is 1.04 bits per heavy atom. The number of benzene rings is 2. The first-order chi connectivity index (χ1) is 12.8. The second-order valence-electron chi connectivity index (χ2n) is 6.65. The number of rotatable bonds is 5. The number of carbonyl (C=O) groups excluding carboxylic acids is 1. The van der Waals surface area contributed by atoms with Gasteiger partial charge >= 0.3 is 6.36 Å². The minimum absolute atomic E-state index is 0.0478. The van der Waals surface area contributed by atoms with Crippen molar-refractivity contribution in [2.24, 2.45) is 5.92 Å². The third-order valence-electron chi connectivity index (χ3n) is 4.67. The number of piperidine rings is 1. The van der Waals surface area contributed by atoms with Crippen molar-refractivity contribution in [1.29, 1.82) is 0 Å². The van der Waals surface area contributed by atoms with Gasteiger partial charge in [0.05, 0.1) is 0 Å². The van der Waals surface area contributed by atoms with Gasteiger partial charge < -0.3 is 9.84 Å². The van der Waals surface area contributed by atoms with Crippen LogP contribution in [0.15, 0.2) is 48.5 Å². The summed E-state index contributed by atoms with van der Waals surface area (Å²) in [6.07, 6.45) is -3.22. The molecule has 0 saturated carbocycles. The molecule has 2 aromatic rings. The summed E-state index contributed by atoms with van der Waals surface area (Å²) in [5.74, 6) is -0.0610. The van der Waals surface area contributed by atoms with Crippen LogP contribution in [0, 0.1) is 5.92 Å². The maximum Gasteiger partial charge on any atom is 0.573 e. The van der Waals surface area contributed by atoms with Crippen molar-refractivity contribution < 1.29 is 27.8 Å². The molecular weight excluding hydrogens is 359 g/mol. The van der Waals surface area contributed by atoms with Gasteiger partial charge in [-0.15, -0.1) is 13.2 Å². The van der Waals surface area contributed by atoms with Gasteiger partial charge in [0, 0.05) is 18.0 Å². The zero-order chi connectivity index (χ0) is 19.4. The summed E-state index contributed by atoms with van der Waals surface area (Å²) in [6, 6.07) is 12.1. The molecule has 1 fully saturated rings. The molecule has 0 amide bonds. The van der Waals surface area contributed by atoms with Gasteiger partial charge in [-0.25, -0.2) is 0 Å². The SMILES string of the molecule is O=C(c1ccc(O)cc1)C1CCN(Cc2ccc(OC(F)(F)F)cc2)CC1. The van der Waals surface area contributed by atoms with Crippen molar-refractivity contribution in [2.45, 2.75) is 25.7 Å². The lowest BCUT2D eigenvalue weighted by Gasteiger charge is -2.31. The lowest BCUT2D eigenvalue weighted by Crippen LogP contribution is -2.35. The van der Waals surface area contributed by atoms with Crippen LogP contribution in [-0.4, -0.2) is 35.2 Å². The zero-order valence-corrected chi connectivity index (χ0v) is 14.6. The Morgan fingerprint density at radius 2 is 1.63 bits per heavy atom. The Kier molecular flexibility index (Phi) is 5.70. The molecule has 1 aliphatic heterocycles.